The van der Waals surface area contributed by atoms with Crippen molar-refractivity contribution in [2.75, 3.05) is 6.73 Å². The molecule has 1 saturated carbocycles. The quantitative estimate of drug-likeness (QED) is 0.597. The Hall–Kier alpha value is -0.900. The van der Waals surface area contributed by atoms with Crippen molar-refractivity contribution in [2.24, 2.45) is 4.99 Å². The summed E-state index contributed by atoms with van der Waals surface area (Å²) in [5.74, 6) is -0.284. The van der Waals surface area contributed by atoms with Gasteiger partial charge in [-0.15, -0.1) is 0 Å². The fourth-order valence-corrected chi connectivity index (χ4v) is 1.67. The van der Waals surface area contributed by atoms with E-state index in [9.17, 15) is 4.79 Å². The Balaban J connectivity index is 1.80. The van der Waals surface area contributed by atoms with Crippen molar-refractivity contribution in [3.05, 3.63) is 0 Å². The zero-order valence-corrected chi connectivity index (χ0v) is 7.44. The summed E-state index contributed by atoms with van der Waals surface area (Å²) < 4.78 is 10.3. The van der Waals surface area contributed by atoms with E-state index in [1.165, 1.54) is 6.21 Å². The zero-order valence-electron chi connectivity index (χ0n) is 7.44. The van der Waals surface area contributed by atoms with E-state index in [0.29, 0.717) is 0 Å². The number of carbonyl (C=O) groups is 1. The van der Waals surface area contributed by atoms with E-state index in [1.54, 1.807) is 0 Å². The molecule has 0 radical (unpaired) electrons. The molecule has 1 fully saturated rings. The molecule has 13 heavy (non-hydrogen) atoms. The first-order chi connectivity index (χ1) is 6.36. The molecule has 0 N–H and O–H groups in total. The van der Waals surface area contributed by atoms with Crippen LogP contribution in [0.5, 0.6) is 0 Å². The first-order valence-electron chi connectivity index (χ1n) is 4.68. The first-order valence-corrected chi connectivity index (χ1v) is 4.68. The maximum absolute atomic E-state index is 11.4. The molecule has 4 heteroatoms. The van der Waals surface area contributed by atoms with Crippen LogP contribution in [0.15, 0.2) is 4.99 Å². The summed E-state index contributed by atoms with van der Waals surface area (Å²) in [5.41, 5.74) is 0. The number of esters is 1. The second kappa shape index (κ2) is 3.87. The molecule has 1 aliphatic carbocycles. The normalized spacial score (nSPS) is 28.2. The Kier molecular flexibility index (Phi) is 2.59. The number of rotatable bonds is 2. The first kappa shape index (κ1) is 8.69. The molecule has 1 aliphatic heterocycles. The second-order valence-corrected chi connectivity index (χ2v) is 3.39. The molecule has 0 amide bonds. The summed E-state index contributed by atoms with van der Waals surface area (Å²) in [4.78, 5) is 15.2. The number of ether oxygens (including phenoxy) is 2. The summed E-state index contributed by atoms with van der Waals surface area (Å²) in [6.07, 6.45) is 5.39. The van der Waals surface area contributed by atoms with Crippen LogP contribution in [-0.2, 0) is 14.3 Å². The average molecular weight is 183 g/mol. The predicted molar refractivity (Wildman–Crippen MR) is 46.6 cm³/mol. The van der Waals surface area contributed by atoms with Gasteiger partial charge >= 0.3 is 5.97 Å². The molecule has 0 saturated heterocycles. The monoisotopic (exact) mass is 183 g/mol. The highest BCUT2D eigenvalue weighted by atomic mass is 16.6. The van der Waals surface area contributed by atoms with Crippen molar-refractivity contribution in [3.63, 3.8) is 0 Å². The van der Waals surface area contributed by atoms with Crippen LogP contribution in [0, 0.1) is 0 Å². The van der Waals surface area contributed by atoms with Crippen LogP contribution in [0.3, 0.4) is 0 Å². The standard InChI is InChI=1S/C9H13NO3/c11-9(8-5-10-6-12-8)13-7-3-1-2-4-7/h5,7-8H,1-4,6H2. The molecular weight excluding hydrogens is 170 g/mol. The minimum absolute atomic E-state index is 0.116. The van der Waals surface area contributed by atoms with Gasteiger partial charge in [-0.05, 0) is 25.7 Å². The fraction of sp³-hybridized carbons (Fsp3) is 0.778. The molecule has 2 aliphatic rings. The second-order valence-electron chi connectivity index (χ2n) is 3.39. The molecule has 0 aromatic heterocycles. The molecule has 72 valence electrons. The number of hydrogen-bond donors (Lipinski definition) is 0. The van der Waals surface area contributed by atoms with E-state index in [-0.39, 0.29) is 18.8 Å². The van der Waals surface area contributed by atoms with Crippen LogP contribution in [0.4, 0.5) is 0 Å². The van der Waals surface area contributed by atoms with E-state index < -0.39 is 6.10 Å². The molecular formula is C9H13NO3. The molecule has 4 nitrogen and oxygen atoms in total. The topological polar surface area (TPSA) is 47.9 Å². The number of hydrogen-bond acceptors (Lipinski definition) is 4. The molecule has 1 unspecified atom stereocenters. The Morgan fingerprint density at radius 1 is 1.46 bits per heavy atom. The largest absolute Gasteiger partial charge is 0.460 e. The van der Waals surface area contributed by atoms with Gasteiger partial charge in [0, 0.05) is 6.21 Å². The van der Waals surface area contributed by atoms with Crippen LogP contribution in [0.1, 0.15) is 25.7 Å². The van der Waals surface area contributed by atoms with Gasteiger partial charge in [-0.1, -0.05) is 0 Å². The number of aliphatic imine (C=N–C) groups is 1. The van der Waals surface area contributed by atoms with Gasteiger partial charge in [0.25, 0.3) is 0 Å². The number of carbonyl (C=O) groups excluding carboxylic acids is 1. The van der Waals surface area contributed by atoms with Crippen molar-refractivity contribution in [1.29, 1.82) is 0 Å². The Bertz CT molecular complexity index is 221. The van der Waals surface area contributed by atoms with Crippen LogP contribution in [-0.4, -0.2) is 31.1 Å². The molecule has 0 spiro atoms. The van der Waals surface area contributed by atoms with Gasteiger partial charge in [0.15, 0.2) is 6.10 Å². The van der Waals surface area contributed by atoms with Crippen LogP contribution >= 0.6 is 0 Å². The lowest BCUT2D eigenvalue weighted by atomic mass is 10.3. The predicted octanol–water partition coefficient (Wildman–Crippen LogP) is 0.899. The zero-order chi connectivity index (χ0) is 9.10. The average Bonchev–Trinajstić information content (AvgIpc) is 2.74. The Morgan fingerprint density at radius 2 is 2.23 bits per heavy atom. The van der Waals surface area contributed by atoms with Crippen molar-refractivity contribution >= 4 is 12.2 Å². The highest BCUT2D eigenvalue weighted by Crippen LogP contribution is 2.21. The maximum atomic E-state index is 11.4. The minimum atomic E-state index is -0.555. The number of nitrogens with zero attached hydrogens (tertiary/aromatic N) is 1. The van der Waals surface area contributed by atoms with E-state index >= 15 is 0 Å². The molecule has 0 aromatic rings. The lowest BCUT2D eigenvalue weighted by Gasteiger charge is -2.13. The van der Waals surface area contributed by atoms with Crippen molar-refractivity contribution < 1.29 is 14.3 Å². The van der Waals surface area contributed by atoms with Crippen LogP contribution in [0.25, 0.3) is 0 Å². The molecule has 0 bridgehead atoms. The minimum Gasteiger partial charge on any atom is -0.460 e. The van der Waals surface area contributed by atoms with Gasteiger partial charge < -0.3 is 9.47 Å². The van der Waals surface area contributed by atoms with Crippen molar-refractivity contribution in [1.82, 2.24) is 0 Å². The lowest BCUT2D eigenvalue weighted by molar-refractivity contribution is -0.156. The highest BCUT2D eigenvalue weighted by Gasteiger charge is 2.26. The highest BCUT2D eigenvalue weighted by molar-refractivity contribution is 5.93. The smallest absolute Gasteiger partial charge is 0.341 e. The molecule has 1 heterocycles. The van der Waals surface area contributed by atoms with E-state index in [1.807, 2.05) is 0 Å². The third kappa shape index (κ3) is 2.06. The van der Waals surface area contributed by atoms with Crippen molar-refractivity contribution in [2.45, 2.75) is 37.9 Å². The third-order valence-corrected chi connectivity index (χ3v) is 2.39. The Labute approximate surface area is 76.9 Å². The van der Waals surface area contributed by atoms with Crippen LogP contribution in [0.2, 0.25) is 0 Å². The van der Waals surface area contributed by atoms with Gasteiger partial charge in [0.05, 0.1) is 0 Å². The lowest BCUT2D eigenvalue weighted by Crippen LogP contribution is -2.28. The molecule has 2 rings (SSSR count). The van der Waals surface area contributed by atoms with Gasteiger partial charge in [-0.3, -0.25) is 4.99 Å². The van der Waals surface area contributed by atoms with Crippen LogP contribution < -0.4 is 0 Å². The summed E-state index contributed by atoms with van der Waals surface area (Å²) >= 11 is 0. The summed E-state index contributed by atoms with van der Waals surface area (Å²) in [7, 11) is 0. The summed E-state index contributed by atoms with van der Waals surface area (Å²) in [6.45, 7) is 0.282. The third-order valence-electron chi connectivity index (χ3n) is 2.39. The van der Waals surface area contributed by atoms with Gasteiger partial charge in [0.2, 0.25) is 0 Å². The van der Waals surface area contributed by atoms with E-state index in [2.05, 4.69) is 4.99 Å². The van der Waals surface area contributed by atoms with E-state index in [0.717, 1.165) is 25.7 Å². The fourth-order valence-electron chi connectivity index (χ4n) is 1.67. The SMILES string of the molecule is O=C(OC1CCCC1)C1C=NCO1. The summed E-state index contributed by atoms with van der Waals surface area (Å²) in [5, 5.41) is 0. The van der Waals surface area contributed by atoms with Gasteiger partial charge in [0.1, 0.15) is 12.8 Å². The Morgan fingerprint density at radius 3 is 2.85 bits per heavy atom. The van der Waals surface area contributed by atoms with Crippen molar-refractivity contribution in [3.8, 4) is 0 Å². The van der Waals surface area contributed by atoms with Gasteiger partial charge in [-0.2, -0.15) is 0 Å². The van der Waals surface area contributed by atoms with E-state index in [4.69, 9.17) is 9.47 Å². The molecule has 0 aromatic carbocycles. The maximum Gasteiger partial charge on any atom is 0.341 e. The van der Waals surface area contributed by atoms with Gasteiger partial charge in [-0.25, -0.2) is 4.79 Å². The summed E-state index contributed by atoms with van der Waals surface area (Å²) in [6, 6.07) is 0. The molecule has 1 atom stereocenters.